The van der Waals surface area contributed by atoms with E-state index >= 15 is 0 Å². The van der Waals surface area contributed by atoms with Crippen molar-refractivity contribution in [1.82, 2.24) is 9.97 Å². The van der Waals surface area contributed by atoms with Crippen molar-refractivity contribution >= 4 is 27.8 Å². The van der Waals surface area contributed by atoms with Gasteiger partial charge in [-0.25, -0.2) is 9.78 Å². The van der Waals surface area contributed by atoms with Crippen LogP contribution in [-0.4, -0.2) is 21.0 Å². The number of hydrogen-bond donors (Lipinski definition) is 2. The molecule has 2 aromatic heterocycles. The van der Waals surface area contributed by atoms with Crippen LogP contribution < -0.4 is 0 Å². The predicted molar refractivity (Wildman–Crippen MR) is 86.4 cm³/mol. The Balaban J connectivity index is 2.07. The molecule has 1 fully saturated rings. The van der Waals surface area contributed by atoms with E-state index in [9.17, 15) is 9.90 Å². The molecule has 3 aromatic rings. The van der Waals surface area contributed by atoms with Crippen LogP contribution in [0.5, 0.6) is 0 Å². The number of hydrogen-bond acceptors (Lipinski definition) is 2. The number of rotatable bonds is 2. The average Bonchev–Trinajstić information content (AvgIpc) is 2.93. The second-order valence-corrected chi connectivity index (χ2v) is 6.12. The van der Waals surface area contributed by atoms with Gasteiger partial charge in [0.25, 0.3) is 0 Å². The number of nitrogens with zero attached hydrogens (tertiary/aromatic N) is 1. The van der Waals surface area contributed by atoms with E-state index in [1.54, 1.807) is 6.20 Å². The van der Waals surface area contributed by atoms with Gasteiger partial charge in [0.1, 0.15) is 0 Å². The van der Waals surface area contributed by atoms with Crippen molar-refractivity contribution in [3.8, 4) is 0 Å². The topological polar surface area (TPSA) is 66.0 Å². The minimum atomic E-state index is -0.923. The van der Waals surface area contributed by atoms with Gasteiger partial charge in [0.15, 0.2) is 5.69 Å². The van der Waals surface area contributed by atoms with E-state index < -0.39 is 5.97 Å². The van der Waals surface area contributed by atoms with Crippen LogP contribution in [0.25, 0.3) is 21.8 Å². The molecule has 0 unspecified atom stereocenters. The highest BCUT2D eigenvalue weighted by atomic mass is 16.4. The van der Waals surface area contributed by atoms with Gasteiger partial charge in [-0.05, 0) is 30.4 Å². The van der Waals surface area contributed by atoms with Crippen LogP contribution >= 0.6 is 0 Å². The van der Waals surface area contributed by atoms with Gasteiger partial charge in [-0.2, -0.15) is 0 Å². The highest BCUT2D eigenvalue weighted by Crippen LogP contribution is 2.40. The molecule has 0 radical (unpaired) electrons. The number of H-pyrrole nitrogens is 1. The fourth-order valence-electron chi connectivity index (χ4n) is 3.83. The molecular formula is C18H18N2O2. The van der Waals surface area contributed by atoms with Crippen LogP contribution in [0.1, 0.15) is 54.1 Å². The van der Waals surface area contributed by atoms with Crippen molar-refractivity contribution in [1.29, 1.82) is 0 Å². The fraction of sp³-hybridized carbons (Fsp3) is 0.333. The molecule has 0 bridgehead atoms. The van der Waals surface area contributed by atoms with Crippen LogP contribution in [0.2, 0.25) is 0 Å². The van der Waals surface area contributed by atoms with E-state index in [1.165, 1.54) is 19.3 Å². The molecule has 0 atom stereocenters. The third kappa shape index (κ3) is 1.98. The molecule has 4 heteroatoms. The number of benzene rings is 1. The van der Waals surface area contributed by atoms with Gasteiger partial charge in [0, 0.05) is 16.3 Å². The number of nitrogens with one attached hydrogen (secondary N) is 1. The highest BCUT2D eigenvalue weighted by Gasteiger charge is 2.26. The molecule has 0 saturated heterocycles. The maximum atomic E-state index is 11.7. The van der Waals surface area contributed by atoms with Gasteiger partial charge in [-0.15, -0.1) is 0 Å². The molecule has 0 spiro atoms. The zero-order valence-electron chi connectivity index (χ0n) is 12.3. The summed E-state index contributed by atoms with van der Waals surface area (Å²) in [5, 5.41) is 11.7. The lowest BCUT2D eigenvalue weighted by atomic mass is 9.81. The van der Waals surface area contributed by atoms with E-state index in [-0.39, 0.29) is 5.69 Å². The summed E-state index contributed by atoms with van der Waals surface area (Å²) in [6.45, 7) is 0. The van der Waals surface area contributed by atoms with Crippen molar-refractivity contribution in [3.63, 3.8) is 0 Å². The zero-order valence-corrected chi connectivity index (χ0v) is 12.3. The second-order valence-electron chi connectivity index (χ2n) is 6.12. The molecule has 1 aromatic carbocycles. The summed E-state index contributed by atoms with van der Waals surface area (Å²) in [6.07, 6.45) is 7.35. The molecule has 0 amide bonds. The first-order valence-corrected chi connectivity index (χ1v) is 7.88. The number of carbonyl (C=O) groups is 1. The van der Waals surface area contributed by atoms with Crippen molar-refractivity contribution in [2.24, 2.45) is 0 Å². The standard InChI is InChI=1S/C18H18N2O2/c21-18(22)17-15(11-6-2-1-3-7-11)16-12-8-4-5-9-13(12)20-14(16)10-19-17/h4-5,8-11,20H,1-3,6-7H2,(H,21,22). The van der Waals surface area contributed by atoms with Crippen LogP contribution in [0, 0.1) is 0 Å². The maximum Gasteiger partial charge on any atom is 0.354 e. The van der Waals surface area contributed by atoms with E-state index in [2.05, 4.69) is 16.0 Å². The number of aromatic nitrogens is 2. The molecule has 112 valence electrons. The van der Waals surface area contributed by atoms with Gasteiger partial charge in [0.2, 0.25) is 0 Å². The van der Waals surface area contributed by atoms with Gasteiger partial charge < -0.3 is 10.1 Å². The Hall–Kier alpha value is -2.36. The predicted octanol–water partition coefficient (Wildman–Crippen LogP) is 4.46. The van der Waals surface area contributed by atoms with Crippen LogP contribution in [0.15, 0.2) is 30.5 Å². The number of carboxylic acids is 1. The third-order valence-corrected chi connectivity index (χ3v) is 4.80. The maximum absolute atomic E-state index is 11.7. The lowest BCUT2D eigenvalue weighted by Crippen LogP contribution is -2.13. The Morgan fingerprint density at radius 1 is 1.14 bits per heavy atom. The molecule has 1 aliphatic carbocycles. The summed E-state index contributed by atoms with van der Waals surface area (Å²) < 4.78 is 0. The molecule has 4 rings (SSSR count). The highest BCUT2D eigenvalue weighted by molar-refractivity contribution is 6.11. The Labute approximate surface area is 128 Å². The summed E-state index contributed by atoms with van der Waals surface area (Å²) in [7, 11) is 0. The van der Waals surface area contributed by atoms with Crippen molar-refractivity contribution in [2.75, 3.05) is 0 Å². The first kappa shape index (κ1) is 13.3. The molecule has 1 saturated carbocycles. The Kier molecular flexibility index (Phi) is 3.10. The number of fused-ring (bicyclic) bond motifs is 3. The number of carboxylic acid groups (broad SMARTS) is 1. The fourth-order valence-corrected chi connectivity index (χ4v) is 3.83. The lowest BCUT2D eigenvalue weighted by molar-refractivity contribution is 0.0688. The lowest BCUT2D eigenvalue weighted by Gasteiger charge is -2.23. The first-order valence-electron chi connectivity index (χ1n) is 7.88. The van der Waals surface area contributed by atoms with E-state index in [0.29, 0.717) is 5.92 Å². The average molecular weight is 294 g/mol. The molecule has 2 heterocycles. The number of aromatic amines is 1. The van der Waals surface area contributed by atoms with E-state index in [1.807, 2.05) is 18.2 Å². The largest absolute Gasteiger partial charge is 0.477 e. The minimum Gasteiger partial charge on any atom is -0.477 e. The molecule has 2 N–H and O–H groups in total. The summed E-state index contributed by atoms with van der Waals surface area (Å²) in [6, 6.07) is 8.08. The molecule has 4 nitrogen and oxygen atoms in total. The van der Waals surface area contributed by atoms with Crippen LogP contribution in [0.4, 0.5) is 0 Å². The Bertz CT molecular complexity index is 860. The quantitative estimate of drug-likeness (QED) is 0.733. The Morgan fingerprint density at radius 2 is 1.91 bits per heavy atom. The van der Waals surface area contributed by atoms with Crippen LogP contribution in [0.3, 0.4) is 0 Å². The summed E-state index contributed by atoms with van der Waals surface area (Å²) in [4.78, 5) is 19.3. The molecule has 0 aliphatic heterocycles. The second kappa shape index (κ2) is 5.13. The van der Waals surface area contributed by atoms with Crippen molar-refractivity contribution in [2.45, 2.75) is 38.0 Å². The van der Waals surface area contributed by atoms with Gasteiger partial charge >= 0.3 is 5.97 Å². The normalized spacial score (nSPS) is 16.4. The smallest absolute Gasteiger partial charge is 0.354 e. The van der Waals surface area contributed by atoms with E-state index in [4.69, 9.17) is 0 Å². The van der Waals surface area contributed by atoms with Gasteiger partial charge in [-0.3, -0.25) is 0 Å². The van der Waals surface area contributed by atoms with Crippen LogP contribution in [-0.2, 0) is 0 Å². The SMILES string of the molecule is O=C(O)c1ncc2[nH]c3ccccc3c2c1C1CCCCC1. The molecule has 22 heavy (non-hydrogen) atoms. The van der Waals surface area contributed by atoms with Crippen molar-refractivity contribution in [3.05, 3.63) is 41.7 Å². The summed E-state index contributed by atoms with van der Waals surface area (Å²) in [5.74, 6) is -0.622. The van der Waals surface area contributed by atoms with E-state index in [0.717, 1.165) is 40.2 Å². The minimum absolute atomic E-state index is 0.226. The number of aromatic carboxylic acids is 1. The van der Waals surface area contributed by atoms with Crippen molar-refractivity contribution < 1.29 is 9.90 Å². The molecular weight excluding hydrogens is 276 g/mol. The number of para-hydroxylation sites is 1. The zero-order chi connectivity index (χ0) is 15.1. The third-order valence-electron chi connectivity index (χ3n) is 4.80. The van der Waals surface area contributed by atoms with Gasteiger partial charge in [-0.1, -0.05) is 37.5 Å². The van der Waals surface area contributed by atoms with Gasteiger partial charge in [0.05, 0.1) is 11.7 Å². The first-order chi connectivity index (χ1) is 10.8. The summed E-state index contributed by atoms with van der Waals surface area (Å²) in [5.41, 5.74) is 3.14. The Morgan fingerprint density at radius 3 is 2.68 bits per heavy atom. The number of pyridine rings is 1. The monoisotopic (exact) mass is 294 g/mol. The molecule has 1 aliphatic rings. The summed E-state index contributed by atoms with van der Waals surface area (Å²) >= 11 is 0.